The minimum Gasteiger partial charge on any atom is -0.383 e. The number of benzene rings is 1. The van der Waals surface area contributed by atoms with E-state index in [0.29, 0.717) is 6.61 Å². The number of hydrogen-bond donors (Lipinski definition) is 1. The van der Waals surface area contributed by atoms with Crippen LogP contribution < -0.4 is 0 Å². The van der Waals surface area contributed by atoms with Gasteiger partial charge in [0.05, 0.1) is 12.1 Å². The Morgan fingerprint density at radius 1 is 1.10 bits per heavy atom. The molecule has 0 amide bonds. The Bertz CT molecular complexity index is 455. The first kappa shape index (κ1) is 15.5. The van der Waals surface area contributed by atoms with E-state index in [1.807, 2.05) is 42.3 Å². The van der Waals surface area contributed by atoms with Crippen LogP contribution in [0.15, 0.2) is 30.3 Å². The summed E-state index contributed by atoms with van der Waals surface area (Å²) in [4.78, 5) is 5.90. The SMILES string of the molecule is CCON1C(C)(C)CCC(O)(c2ccccc2)C1(C)C. The molecule has 1 fully saturated rings. The number of hydroxylamine groups is 2. The summed E-state index contributed by atoms with van der Waals surface area (Å²) in [5, 5.41) is 13.4. The molecule has 1 aliphatic rings. The summed E-state index contributed by atoms with van der Waals surface area (Å²) in [6.07, 6.45) is 1.63. The molecule has 20 heavy (non-hydrogen) atoms. The predicted octanol–water partition coefficient (Wildman–Crippen LogP) is 3.48. The molecule has 0 aliphatic carbocycles. The van der Waals surface area contributed by atoms with Crippen LogP contribution in [-0.2, 0) is 10.4 Å². The fraction of sp³-hybridized carbons (Fsp3) is 0.647. The highest BCUT2D eigenvalue weighted by Crippen LogP contribution is 2.49. The fourth-order valence-corrected chi connectivity index (χ4v) is 3.50. The second-order valence-corrected chi connectivity index (χ2v) is 6.81. The number of aliphatic hydroxyl groups is 1. The van der Waals surface area contributed by atoms with Gasteiger partial charge in [0.25, 0.3) is 0 Å². The van der Waals surface area contributed by atoms with Gasteiger partial charge in [-0.05, 0) is 53.0 Å². The van der Waals surface area contributed by atoms with Crippen molar-refractivity contribution < 1.29 is 9.94 Å². The van der Waals surface area contributed by atoms with E-state index in [9.17, 15) is 5.11 Å². The van der Waals surface area contributed by atoms with E-state index in [2.05, 4.69) is 27.7 Å². The van der Waals surface area contributed by atoms with Gasteiger partial charge in [0.15, 0.2) is 0 Å². The summed E-state index contributed by atoms with van der Waals surface area (Å²) in [5.74, 6) is 0. The van der Waals surface area contributed by atoms with E-state index < -0.39 is 11.1 Å². The van der Waals surface area contributed by atoms with Crippen molar-refractivity contribution in [3.05, 3.63) is 35.9 Å². The van der Waals surface area contributed by atoms with Crippen LogP contribution >= 0.6 is 0 Å². The van der Waals surface area contributed by atoms with Crippen LogP contribution in [0.25, 0.3) is 0 Å². The summed E-state index contributed by atoms with van der Waals surface area (Å²) in [6, 6.07) is 9.95. The molecule has 1 heterocycles. The van der Waals surface area contributed by atoms with E-state index in [1.54, 1.807) is 0 Å². The summed E-state index contributed by atoms with van der Waals surface area (Å²) < 4.78 is 0. The minimum absolute atomic E-state index is 0.0828. The fourth-order valence-electron chi connectivity index (χ4n) is 3.50. The smallest absolute Gasteiger partial charge is 0.110 e. The van der Waals surface area contributed by atoms with Gasteiger partial charge in [0.2, 0.25) is 0 Å². The molecule has 1 unspecified atom stereocenters. The first-order valence-electron chi connectivity index (χ1n) is 7.47. The molecule has 0 aromatic heterocycles. The molecule has 0 spiro atoms. The van der Waals surface area contributed by atoms with Gasteiger partial charge in [-0.3, -0.25) is 4.84 Å². The average Bonchev–Trinajstić information content (AvgIpc) is 2.41. The van der Waals surface area contributed by atoms with E-state index in [0.717, 1.165) is 18.4 Å². The zero-order valence-corrected chi connectivity index (χ0v) is 13.3. The molecular formula is C17H27NO2. The van der Waals surface area contributed by atoms with Gasteiger partial charge in [-0.15, -0.1) is 0 Å². The van der Waals surface area contributed by atoms with Crippen LogP contribution in [-0.4, -0.2) is 27.9 Å². The third kappa shape index (κ3) is 2.28. The largest absolute Gasteiger partial charge is 0.383 e. The molecule has 112 valence electrons. The minimum atomic E-state index is -0.904. The van der Waals surface area contributed by atoms with Crippen LogP contribution in [0.3, 0.4) is 0 Å². The lowest BCUT2D eigenvalue weighted by molar-refractivity contribution is -0.327. The molecule has 1 saturated heterocycles. The van der Waals surface area contributed by atoms with Crippen molar-refractivity contribution >= 4 is 0 Å². The molecule has 0 bridgehead atoms. The van der Waals surface area contributed by atoms with Crippen molar-refractivity contribution in [2.75, 3.05) is 6.61 Å². The van der Waals surface area contributed by atoms with Crippen molar-refractivity contribution in [1.29, 1.82) is 0 Å². The maximum absolute atomic E-state index is 11.4. The molecule has 2 rings (SSSR count). The molecule has 1 aliphatic heterocycles. The van der Waals surface area contributed by atoms with E-state index in [1.165, 1.54) is 0 Å². The van der Waals surface area contributed by atoms with Gasteiger partial charge in [-0.2, -0.15) is 5.06 Å². The topological polar surface area (TPSA) is 32.7 Å². The second-order valence-electron chi connectivity index (χ2n) is 6.81. The van der Waals surface area contributed by atoms with Gasteiger partial charge >= 0.3 is 0 Å². The Morgan fingerprint density at radius 2 is 1.70 bits per heavy atom. The first-order chi connectivity index (χ1) is 9.25. The second kappa shape index (κ2) is 5.14. The average molecular weight is 277 g/mol. The number of rotatable bonds is 3. The molecule has 0 saturated carbocycles. The molecule has 3 nitrogen and oxygen atoms in total. The third-order valence-corrected chi connectivity index (χ3v) is 4.68. The molecule has 1 N–H and O–H groups in total. The maximum atomic E-state index is 11.4. The lowest BCUT2D eigenvalue weighted by atomic mass is 9.67. The van der Waals surface area contributed by atoms with Crippen molar-refractivity contribution in [2.24, 2.45) is 0 Å². The highest BCUT2D eigenvalue weighted by molar-refractivity contribution is 5.28. The van der Waals surface area contributed by atoms with Gasteiger partial charge in [-0.1, -0.05) is 30.3 Å². The van der Waals surface area contributed by atoms with Crippen molar-refractivity contribution in [3.63, 3.8) is 0 Å². The predicted molar refractivity (Wildman–Crippen MR) is 81.2 cm³/mol. The number of hydrogen-bond acceptors (Lipinski definition) is 3. The van der Waals surface area contributed by atoms with E-state index in [4.69, 9.17) is 4.84 Å². The van der Waals surface area contributed by atoms with Crippen LogP contribution in [0.1, 0.15) is 53.0 Å². The van der Waals surface area contributed by atoms with Gasteiger partial charge < -0.3 is 5.11 Å². The molecule has 1 atom stereocenters. The highest BCUT2D eigenvalue weighted by atomic mass is 16.7. The van der Waals surface area contributed by atoms with E-state index in [-0.39, 0.29) is 5.54 Å². The van der Waals surface area contributed by atoms with Crippen LogP contribution in [0.5, 0.6) is 0 Å². The Balaban J connectivity index is 2.46. The van der Waals surface area contributed by atoms with Crippen LogP contribution in [0, 0.1) is 0 Å². The van der Waals surface area contributed by atoms with Crippen molar-refractivity contribution in [2.45, 2.75) is 64.1 Å². The van der Waals surface area contributed by atoms with E-state index >= 15 is 0 Å². The quantitative estimate of drug-likeness (QED) is 0.918. The van der Waals surface area contributed by atoms with Crippen molar-refractivity contribution in [1.82, 2.24) is 5.06 Å². The first-order valence-corrected chi connectivity index (χ1v) is 7.47. The molecule has 1 aromatic rings. The third-order valence-electron chi connectivity index (χ3n) is 4.68. The van der Waals surface area contributed by atoms with Gasteiger partial charge in [0, 0.05) is 5.54 Å². The van der Waals surface area contributed by atoms with Crippen LogP contribution in [0.2, 0.25) is 0 Å². The summed E-state index contributed by atoms with van der Waals surface area (Å²) in [5.41, 5.74) is -0.517. The maximum Gasteiger partial charge on any atom is 0.110 e. The van der Waals surface area contributed by atoms with Crippen LogP contribution in [0.4, 0.5) is 0 Å². The highest BCUT2D eigenvalue weighted by Gasteiger charge is 2.57. The summed E-state index contributed by atoms with van der Waals surface area (Å²) in [7, 11) is 0. The number of nitrogens with zero attached hydrogens (tertiary/aromatic N) is 1. The molecule has 1 aromatic carbocycles. The van der Waals surface area contributed by atoms with Crippen molar-refractivity contribution in [3.8, 4) is 0 Å². The monoisotopic (exact) mass is 277 g/mol. The Morgan fingerprint density at radius 3 is 2.25 bits per heavy atom. The Labute approximate surface area is 122 Å². The zero-order valence-electron chi connectivity index (χ0n) is 13.3. The summed E-state index contributed by atoms with van der Waals surface area (Å²) in [6.45, 7) is 11.1. The standard InChI is InChI=1S/C17H27NO2/c1-6-20-18-15(2,3)12-13-17(19,16(18,4)5)14-10-8-7-9-11-14/h7-11,19H,6,12-13H2,1-5H3. The van der Waals surface area contributed by atoms with Gasteiger partial charge in [0.1, 0.15) is 5.60 Å². The lowest BCUT2D eigenvalue weighted by Gasteiger charge is -2.59. The van der Waals surface area contributed by atoms with Gasteiger partial charge in [-0.25, -0.2) is 0 Å². The number of piperidine rings is 1. The molecular weight excluding hydrogens is 250 g/mol. The normalized spacial score (nSPS) is 29.3. The Hall–Kier alpha value is -0.900. The Kier molecular flexibility index (Phi) is 3.98. The molecule has 0 radical (unpaired) electrons. The lowest BCUT2D eigenvalue weighted by Crippen LogP contribution is -2.68. The molecule has 3 heteroatoms. The summed E-state index contributed by atoms with van der Waals surface area (Å²) >= 11 is 0. The zero-order chi connectivity index (χ0) is 15.0.